The SMILES string of the molecule is Cc1ccccc1S(=O)(=O)N1CCNCC1.NN1CCNCC1. The maximum absolute atomic E-state index is 12.3. The first-order chi connectivity index (χ1) is 11.0. The fraction of sp³-hybridized carbons (Fsp3) is 0.600. The van der Waals surface area contributed by atoms with Crippen LogP contribution in [0.1, 0.15) is 5.56 Å². The van der Waals surface area contributed by atoms with Crippen molar-refractivity contribution in [3.05, 3.63) is 29.8 Å². The molecule has 0 unspecified atom stereocenters. The van der Waals surface area contributed by atoms with Crippen LogP contribution in [0.3, 0.4) is 0 Å². The number of aryl methyl sites for hydroxylation is 1. The average molecular weight is 341 g/mol. The molecule has 2 aliphatic rings. The number of hydrogen-bond acceptors (Lipinski definition) is 6. The average Bonchev–Trinajstić information content (AvgIpc) is 2.57. The second-order valence-electron chi connectivity index (χ2n) is 5.71. The minimum Gasteiger partial charge on any atom is -0.314 e. The van der Waals surface area contributed by atoms with Gasteiger partial charge in [-0.2, -0.15) is 4.31 Å². The van der Waals surface area contributed by atoms with Gasteiger partial charge in [-0.15, -0.1) is 0 Å². The fourth-order valence-corrected chi connectivity index (χ4v) is 4.22. The third-order valence-electron chi connectivity index (χ3n) is 3.94. The highest BCUT2D eigenvalue weighted by Gasteiger charge is 2.26. The van der Waals surface area contributed by atoms with Crippen molar-refractivity contribution in [2.24, 2.45) is 5.84 Å². The molecule has 0 bridgehead atoms. The summed E-state index contributed by atoms with van der Waals surface area (Å²) in [6.45, 7) is 8.44. The Morgan fingerprint density at radius 1 is 0.957 bits per heavy atom. The van der Waals surface area contributed by atoms with Gasteiger partial charge >= 0.3 is 0 Å². The van der Waals surface area contributed by atoms with Crippen molar-refractivity contribution in [2.45, 2.75) is 11.8 Å². The summed E-state index contributed by atoms with van der Waals surface area (Å²) >= 11 is 0. The van der Waals surface area contributed by atoms with E-state index in [0.29, 0.717) is 18.0 Å². The highest BCUT2D eigenvalue weighted by Crippen LogP contribution is 2.19. The number of benzene rings is 1. The van der Waals surface area contributed by atoms with Gasteiger partial charge in [0.15, 0.2) is 0 Å². The van der Waals surface area contributed by atoms with E-state index in [1.54, 1.807) is 16.4 Å². The first-order valence-corrected chi connectivity index (χ1v) is 9.42. The Balaban J connectivity index is 0.000000229. The van der Waals surface area contributed by atoms with Crippen LogP contribution in [0.4, 0.5) is 0 Å². The molecule has 0 radical (unpaired) electrons. The number of nitrogens with one attached hydrogen (secondary N) is 2. The molecule has 2 heterocycles. The van der Waals surface area contributed by atoms with E-state index in [9.17, 15) is 8.42 Å². The van der Waals surface area contributed by atoms with Crippen LogP contribution in [0.25, 0.3) is 0 Å². The Morgan fingerprint density at radius 3 is 1.96 bits per heavy atom. The maximum Gasteiger partial charge on any atom is 0.243 e. The third-order valence-corrected chi connectivity index (χ3v) is 6.00. The molecule has 3 rings (SSSR count). The van der Waals surface area contributed by atoms with Gasteiger partial charge in [-0.3, -0.25) is 5.84 Å². The molecule has 4 N–H and O–H groups in total. The minimum absolute atomic E-state index is 0.428. The summed E-state index contributed by atoms with van der Waals surface area (Å²) in [6, 6.07) is 7.12. The van der Waals surface area contributed by atoms with Gasteiger partial charge < -0.3 is 10.6 Å². The molecule has 0 saturated carbocycles. The Morgan fingerprint density at radius 2 is 1.48 bits per heavy atom. The van der Waals surface area contributed by atoms with Crippen LogP contribution >= 0.6 is 0 Å². The van der Waals surface area contributed by atoms with Crippen molar-refractivity contribution in [1.29, 1.82) is 0 Å². The van der Waals surface area contributed by atoms with Crippen LogP contribution in [-0.4, -0.2) is 70.1 Å². The van der Waals surface area contributed by atoms with Crippen LogP contribution in [0.15, 0.2) is 29.2 Å². The number of hydrazine groups is 1. The summed E-state index contributed by atoms with van der Waals surface area (Å²) in [6.07, 6.45) is 0. The van der Waals surface area contributed by atoms with Gasteiger partial charge in [0.1, 0.15) is 0 Å². The van der Waals surface area contributed by atoms with Crippen molar-refractivity contribution in [3.8, 4) is 0 Å². The first-order valence-electron chi connectivity index (χ1n) is 7.98. The standard InChI is InChI=1S/C11H16N2O2S.C4H11N3/c1-10-4-2-3-5-11(10)16(14,15)13-8-6-12-7-9-13;5-7-3-1-6-2-4-7/h2-5,12H,6-9H2,1H3;6H,1-5H2. The zero-order valence-electron chi connectivity index (χ0n) is 13.7. The van der Waals surface area contributed by atoms with Gasteiger partial charge in [0.2, 0.25) is 10.0 Å². The Labute approximate surface area is 138 Å². The molecule has 0 aliphatic carbocycles. The van der Waals surface area contributed by atoms with E-state index in [0.717, 1.165) is 44.8 Å². The zero-order valence-corrected chi connectivity index (χ0v) is 14.5. The molecule has 23 heavy (non-hydrogen) atoms. The molecule has 0 atom stereocenters. The van der Waals surface area contributed by atoms with Gasteiger partial charge in [-0.25, -0.2) is 13.4 Å². The highest BCUT2D eigenvalue weighted by atomic mass is 32.2. The lowest BCUT2D eigenvalue weighted by molar-refractivity contribution is 0.248. The van der Waals surface area contributed by atoms with Crippen molar-refractivity contribution in [2.75, 3.05) is 52.4 Å². The second-order valence-corrected chi connectivity index (χ2v) is 7.61. The highest BCUT2D eigenvalue weighted by molar-refractivity contribution is 7.89. The molecule has 2 fully saturated rings. The topological polar surface area (TPSA) is 90.7 Å². The molecular formula is C15H27N5O2S. The molecule has 8 heteroatoms. The molecule has 0 aromatic heterocycles. The lowest BCUT2D eigenvalue weighted by Gasteiger charge is -2.27. The predicted octanol–water partition coefficient (Wildman–Crippen LogP) is -0.646. The van der Waals surface area contributed by atoms with E-state index in [4.69, 9.17) is 5.84 Å². The summed E-state index contributed by atoms with van der Waals surface area (Å²) in [5.41, 5.74) is 0.807. The second kappa shape index (κ2) is 8.72. The molecule has 130 valence electrons. The molecular weight excluding hydrogens is 314 g/mol. The normalized spacial score (nSPS) is 20.6. The summed E-state index contributed by atoms with van der Waals surface area (Å²) in [7, 11) is -3.30. The summed E-state index contributed by atoms with van der Waals surface area (Å²) in [5.74, 6) is 5.43. The van der Waals surface area contributed by atoms with Crippen molar-refractivity contribution in [1.82, 2.24) is 19.9 Å². The lowest BCUT2D eigenvalue weighted by Crippen LogP contribution is -2.47. The van der Waals surface area contributed by atoms with Crippen LogP contribution in [-0.2, 0) is 10.0 Å². The minimum atomic E-state index is -3.30. The van der Waals surface area contributed by atoms with E-state index < -0.39 is 10.0 Å². The monoisotopic (exact) mass is 341 g/mol. The quantitative estimate of drug-likeness (QED) is 0.620. The summed E-state index contributed by atoms with van der Waals surface area (Å²) < 4.78 is 26.2. The van der Waals surface area contributed by atoms with Gasteiger partial charge in [0.05, 0.1) is 4.90 Å². The molecule has 7 nitrogen and oxygen atoms in total. The Bertz CT molecular complexity index is 581. The van der Waals surface area contributed by atoms with E-state index in [2.05, 4.69) is 10.6 Å². The van der Waals surface area contributed by atoms with Crippen LogP contribution in [0.2, 0.25) is 0 Å². The number of nitrogens with two attached hydrogens (primary N) is 1. The Kier molecular flexibility index (Phi) is 6.94. The lowest BCUT2D eigenvalue weighted by atomic mass is 10.2. The number of sulfonamides is 1. The molecule has 2 aliphatic heterocycles. The number of nitrogens with zero attached hydrogens (tertiary/aromatic N) is 2. The smallest absolute Gasteiger partial charge is 0.243 e. The number of hydrogen-bond donors (Lipinski definition) is 3. The van der Waals surface area contributed by atoms with Crippen molar-refractivity contribution in [3.63, 3.8) is 0 Å². The van der Waals surface area contributed by atoms with E-state index in [1.807, 2.05) is 24.1 Å². The molecule has 1 aromatic rings. The van der Waals surface area contributed by atoms with Gasteiger partial charge in [-0.05, 0) is 18.6 Å². The third kappa shape index (κ3) is 5.23. The summed E-state index contributed by atoms with van der Waals surface area (Å²) in [5, 5.41) is 8.17. The maximum atomic E-state index is 12.3. The predicted molar refractivity (Wildman–Crippen MR) is 91.4 cm³/mol. The zero-order chi connectivity index (χ0) is 16.7. The Hall–Kier alpha value is -1.03. The van der Waals surface area contributed by atoms with Gasteiger partial charge in [-0.1, -0.05) is 18.2 Å². The van der Waals surface area contributed by atoms with Crippen LogP contribution in [0.5, 0.6) is 0 Å². The summed E-state index contributed by atoms with van der Waals surface area (Å²) in [4.78, 5) is 0.428. The molecule has 2 saturated heterocycles. The van der Waals surface area contributed by atoms with Gasteiger partial charge in [0, 0.05) is 52.4 Å². The first kappa shape index (κ1) is 18.3. The number of rotatable bonds is 2. The van der Waals surface area contributed by atoms with E-state index in [1.165, 1.54) is 0 Å². The molecule has 0 spiro atoms. The number of piperazine rings is 2. The molecule has 1 aromatic carbocycles. The van der Waals surface area contributed by atoms with Crippen molar-refractivity contribution >= 4 is 10.0 Å². The van der Waals surface area contributed by atoms with Crippen LogP contribution in [0, 0.1) is 6.92 Å². The van der Waals surface area contributed by atoms with E-state index in [-0.39, 0.29) is 0 Å². The van der Waals surface area contributed by atoms with Crippen molar-refractivity contribution < 1.29 is 8.42 Å². The van der Waals surface area contributed by atoms with E-state index >= 15 is 0 Å². The van der Waals surface area contributed by atoms with Gasteiger partial charge in [0.25, 0.3) is 0 Å². The molecule has 0 amide bonds. The largest absolute Gasteiger partial charge is 0.314 e. The van der Waals surface area contributed by atoms with Crippen LogP contribution < -0.4 is 16.5 Å². The fourth-order valence-electron chi connectivity index (χ4n) is 2.55.